The van der Waals surface area contributed by atoms with Gasteiger partial charge >= 0.3 is 0 Å². The van der Waals surface area contributed by atoms with Crippen LogP contribution < -0.4 is 15.4 Å². The highest BCUT2D eigenvalue weighted by atomic mass is 16.5. The molecule has 5 nitrogen and oxygen atoms in total. The first-order chi connectivity index (χ1) is 10.7. The second kappa shape index (κ2) is 8.76. The van der Waals surface area contributed by atoms with Gasteiger partial charge in [-0.3, -0.25) is 9.69 Å². The van der Waals surface area contributed by atoms with Crippen molar-refractivity contribution < 1.29 is 9.53 Å². The Labute approximate surface area is 133 Å². The van der Waals surface area contributed by atoms with Crippen LogP contribution in [0.5, 0.6) is 5.75 Å². The van der Waals surface area contributed by atoms with Crippen molar-refractivity contribution in [1.82, 2.24) is 10.2 Å². The number of carbonyl (C=O) groups excluding carboxylic acids is 1. The van der Waals surface area contributed by atoms with Crippen molar-refractivity contribution in [2.45, 2.75) is 19.8 Å². The van der Waals surface area contributed by atoms with Gasteiger partial charge in [0.15, 0.2) is 0 Å². The standard InChI is InChI=1S/C17H27N3O2/c1-3-20(12-14-8-10-18-11-9-14)13-17(21)19-15-6-4-5-7-16(15)22-2/h4-7,14,18H,3,8-13H2,1-2H3,(H,19,21). The van der Waals surface area contributed by atoms with Crippen LogP contribution >= 0.6 is 0 Å². The Balaban J connectivity index is 1.86. The highest BCUT2D eigenvalue weighted by Crippen LogP contribution is 2.23. The molecule has 122 valence electrons. The highest BCUT2D eigenvalue weighted by molar-refractivity contribution is 5.93. The number of benzene rings is 1. The van der Waals surface area contributed by atoms with Crippen LogP contribution in [0.25, 0.3) is 0 Å². The van der Waals surface area contributed by atoms with E-state index >= 15 is 0 Å². The molecule has 0 atom stereocenters. The number of para-hydroxylation sites is 2. The molecular formula is C17H27N3O2. The summed E-state index contributed by atoms with van der Waals surface area (Å²) >= 11 is 0. The zero-order valence-electron chi connectivity index (χ0n) is 13.6. The molecule has 1 aliphatic rings. The summed E-state index contributed by atoms with van der Waals surface area (Å²) in [5, 5.41) is 6.33. The van der Waals surface area contributed by atoms with Crippen molar-refractivity contribution in [1.29, 1.82) is 0 Å². The van der Waals surface area contributed by atoms with Gasteiger partial charge in [-0.25, -0.2) is 0 Å². The number of nitrogens with zero attached hydrogens (tertiary/aromatic N) is 1. The summed E-state index contributed by atoms with van der Waals surface area (Å²) in [4.78, 5) is 14.5. The number of hydrogen-bond acceptors (Lipinski definition) is 4. The third kappa shape index (κ3) is 5.00. The zero-order chi connectivity index (χ0) is 15.8. The van der Waals surface area contributed by atoms with E-state index in [0.717, 1.165) is 31.9 Å². The van der Waals surface area contributed by atoms with Crippen LogP contribution in [-0.4, -0.2) is 50.6 Å². The quantitative estimate of drug-likeness (QED) is 0.808. The van der Waals surface area contributed by atoms with Crippen molar-refractivity contribution in [3.05, 3.63) is 24.3 Å². The summed E-state index contributed by atoms with van der Waals surface area (Å²) in [7, 11) is 1.61. The van der Waals surface area contributed by atoms with Crippen LogP contribution in [0.1, 0.15) is 19.8 Å². The van der Waals surface area contributed by atoms with Gasteiger partial charge in [0.2, 0.25) is 5.91 Å². The lowest BCUT2D eigenvalue weighted by molar-refractivity contribution is -0.117. The number of amides is 1. The van der Waals surface area contributed by atoms with E-state index in [1.807, 2.05) is 24.3 Å². The number of carbonyl (C=O) groups is 1. The molecule has 1 amide bonds. The summed E-state index contributed by atoms with van der Waals surface area (Å²) < 4.78 is 5.26. The minimum atomic E-state index is 0.0142. The fourth-order valence-corrected chi connectivity index (χ4v) is 2.88. The molecule has 2 N–H and O–H groups in total. The van der Waals surface area contributed by atoms with Gasteiger partial charge in [-0.1, -0.05) is 19.1 Å². The maximum atomic E-state index is 12.3. The molecule has 1 aromatic rings. The Hall–Kier alpha value is -1.59. The number of hydrogen-bond donors (Lipinski definition) is 2. The molecule has 1 heterocycles. The Morgan fingerprint density at radius 1 is 1.36 bits per heavy atom. The molecule has 0 aliphatic carbocycles. The normalized spacial score (nSPS) is 15.8. The van der Waals surface area contributed by atoms with Crippen LogP contribution in [0.3, 0.4) is 0 Å². The number of anilines is 1. The van der Waals surface area contributed by atoms with Crippen LogP contribution in [0.15, 0.2) is 24.3 Å². The van der Waals surface area contributed by atoms with Crippen molar-refractivity contribution >= 4 is 11.6 Å². The van der Waals surface area contributed by atoms with Gasteiger partial charge in [-0.05, 0) is 50.5 Å². The van der Waals surface area contributed by atoms with Gasteiger partial charge in [-0.15, -0.1) is 0 Å². The van der Waals surface area contributed by atoms with Gasteiger partial charge in [0, 0.05) is 6.54 Å². The van der Waals surface area contributed by atoms with Gasteiger partial charge in [-0.2, -0.15) is 0 Å². The summed E-state index contributed by atoms with van der Waals surface area (Å²) in [6, 6.07) is 7.50. The number of piperidine rings is 1. The second-order valence-electron chi connectivity index (χ2n) is 5.77. The monoisotopic (exact) mass is 305 g/mol. The first kappa shape index (κ1) is 16.8. The SMILES string of the molecule is CCN(CC(=O)Nc1ccccc1OC)CC1CCNCC1. The summed E-state index contributed by atoms with van der Waals surface area (Å²) in [6.45, 7) is 6.61. The molecular weight excluding hydrogens is 278 g/mol. The summed E-state index contributed by atoms with van der Waals surface area (Å²) in [5.41, 5.74) is 0.730. The highest BCUT2D eigenvalue weighted by Gasteiger charge is 2.18. The van der Waals surface area contributed by atoms with Crippen LogP contribution in [0.2, 0.25) is 0 Å². The van der Waals surface area contributed by atoms with E-state index in [0.29, 0.717) is 18.2 Å². The van der Waals surface area contributed by atoms with E-state index in [1.54, 1.807) is 7.11 Å². The zero-order valence-corrected chi connectivity index (χ0v) is 13.6. The molecule has 0 unspecified atom stereocenters. The van der Waals surface area contributed by atoms with E-state index in [1.165, 1.54) is 12.8 Å². The van der Waals surface area contributed by atoms with E-state index in [9.17, 15) is 4.79 Å². The lowest BCUT2D eigenvalue weighted by atomic mass is 9.97. The molecule has 0 spiro atoms. The molecule has 2 rings (SSSR count). The number of nitrogens with one attached hydrogen (secondary N) is 2. The average Bonchev–Trinajstić information content (AvgIpc) is 2.55. The molecule has 0 aromatic heterocycles. The van der Waals surface area contributed by atoms with E-state index in [4.69, 9.17) is 4.74 Å². The van der Waals surface area contributed by atoms with Crippen LogP contribution in [-0.2, 0) is 4.79 Å². The Morgan fingerprint density at radius 3 is 2.77 bits per heavy atom. The molecule has 5 heteroatoms. The fraction of sp³-hybridized carbons (Fsp3) is 0.588. The van der Waals surface area contributed by atoms with Gasteiger partial charge in [0.1, 0.15) is 5.75 Å². The number of likely N-dealkylation sites (N-methyl/N-ethyl adjacent to an activating group) is 1. The number of methoxy groups -OCH3 is 1. The molecule has 1 fully saturated rings. The predicted octanol–water partition coefficient (Wildman–Crippen LogP) is 1.96. The number of ether oxygens (including phenoxy) is 1. The summed E-state index contributed by atoms with van der Waals surface area (Å²) in [6.07, 6.45) is 2.40. The van der Waals surface area contributed by atoms with E-state index in [2.05, 4.69) is 22.5 Å². The van der Waals surface area contributed by atoms with Crippen molar-refractivity contribution in [3.8, 4) is 5.75 Å². The lowest BCUT2D eigenvalue weighted by Crippen LogP contribution is -2.39. The smallest absolute Gasteiger partial charge is 0.238 e. The second-order valence-corrected chi connectivity index (χ2v) is 5.77. The molecule has 1 aliphatic heterocycles. The van der Waals surface area contributed by atoms with Crippen LogP contribution in [0, 0.1) is 5.92 Å². The minimum Gasteiger partial charge on any atom is -0.495 e. The van der Waals surface area contributed by atoms with Gasteiger partial charge in [0.05, 0.1) is 19.3 Å². The predicted molar refractivity (Wildman–Crippen MR) is 89.3 cm³/mol. The molecule has 1 saturated heterocycles. The largest absolute Gasteiger partial charge is 0.495 e. The Bertz CT molecular complexity index is 473. The first-order valence-electron chi connectivity index (χ1n) is 8.09. The van der Waals surface area contributed by atoms with Gasteiger partial charge in [0.25, 0.3) is 0 Å². The lowest BCUT2D eigenvalue weighted by Gasteiger charge is -2.29. The molecule has 0 bridgehead atoms. The maximum Gasteiger partial charge on any atom is 0.238 e. The van der Waals surface area contributed by atoms with E-state index < -0.39 is 0 Å². The topological polar surface area (TPSA) is 53.6 Å². The molecule has 1 aromatic carbocycles. The van der Waals surface area contributed by atoms with Crippen molar-refractivity contribution in [2.24, 2.45) is 5.92 Å². The van der Waals surface area contributed by atoms with E-state index in [-0.39, 0.29) is 5.91 Å². The molecule has 0 radical (unpaired) electrons. The molecule has 0 saturated carbocycles. The third-order valence-corrected chi connectivity index (χ3v) is 4.17. The average molecular weight is 305 g/mol. The fourth-order valence-electron chi connectivity index (χ4n) is 2.88. The summed E-state index contributed by atoms with van der Waals surface area (Å²) in [5.74, 6) is 1.40. The first-order valence-corrected chi connectivity index (χ1v) is 8.09. The van der Waals surface area contributed by atoms with Crippen molar-refractivity contribution in [2.75, 3.05) is 45.2 Å². The molecule has 22 heavy (non-hydrogen) atoms. The number of rotatable bonds is 7. The van der Waals surface area contributed by atoms with Gasteiger partial charge < -0.3 is 15.4 Å². The van der Waals surface area contributed by atoms with Crippen molar-refractivity contribution in [3.63, 3.8) is 0 Å². The minimum absolute atomic E-state index is 0.0142. The Morgan fingerprint density at radius 2 is 2.09 bits per heavy atom. The Kier molecular flexibility index (Phi) is 6.68. The van der Waals surface area contributed by atoms with Crippen LogP contribution in [0.4, 0.5) is 5.69 Å². The maximum absolute atomic E-state index is 12.3. The third-order valence-electron chi connectivity index (χ3n) is 4.17.